The Morgan fingerprint density at radius 3 is 2.20 bits per heavy atom. The molecular weight excluding hydrogens is 138 g/mol. The molecule has 0 aromatic heterocycles. The zero-order chi connectivity index (χ0) is 8.15. The van der Waals surface area contributed by atoms with E-state index in [0.29, 0.717) is 0 Å². The number of carboxylic acid groups (broad SMARTS) is 1. The summed E-state index contributed by atoms with van der Waals surface area (Å²) in [4.78, 5) is 20.3. The zero-order valence-electron chi connectivity index (χ0n) is 5.75. The Labute approximate surface area is 58.0 Å². The number of hydrogen-bond acceptors (Lipinski definition) is 4. The van der Waals surface area contributed by atoms with Crippen LogP contribution in [0.15, 0.2) is 0 Å². The minimum Gasteiger partial charge on any atom is -0.477 e. The van der Waals surface area contributed by atoms with Crippen molar-refractivity contribution >= 4 is 11.9 Å². The van der Waals surface area contributed by atoms with E-state index < -0.39 is 18.2 Å². The lowest BCUT2D eigenvalue weighted by atomic mass is 10.6. The van der Waals surface area contributed by atoms with E-state index in [1.54, 1.807) is 0 Å². The van der Waals surface area contributed by atoms with Gasteiger partial charge in [0.25, 0.3) is 6.23 Å². The molecular formula is C5H9NO4. The van der Waals surface area contributed by atoms with Gasteiger partial charge in [-0.15, -0.1) is 0 Å². The molecule has 0 aliphatic heterocycles. The van der Waals surface area contributed by atoms with Crippen LogP contribution >= 0.6 is 0 Å². The van der Waals surface area contributed by atoms with Crippen molar-refractivity contribution in [1.29, 1.82) is 0 Å². The molecule has 0 aliphatic rings. The predicted octanol–water partition coefficient (Wildman–Crippen LogP) is -0.820. The van der Waals surface area contributed by atoms with E-state index in [1.165, 1.54) is 7.05 Å². The summed E-state index contributed by atoms with van der Waals surface area (Å²) in [5.41, 5.74) is 0. The minimum atomic E-state index is -1.24. The van der Waals surface area contributed by atoms with Crippen LogP contribution in [0.4, 0.5) is 0 Å². The highest BCUT2D eigenvalue weighted by atomic mass is 16.6. The third-order valence-corrected chi connectivity index (χ3v) is 0.770. The summed E-state index contributed by atoms with van der Waals surface area (Å²) in [6.07, 6.45) is -1.24. The molecule has 0 radical (unpaired) electrons. The fourth-order valence-electron chi connectivity index (χ4n) is 0.399. The van der Waals surface area contributed by atoms with E-state index in [2.05, 4.69) is 10.1 Å². The molecule has 0 bridgehead atoms. The highest BCUT2D eigenvalue weighted by molar-refractivity contribution is 5.76. The van der Waals surface area contributed by atoms with Crippen molar-refractivity contribution < 1.29 is 19.4 Å². The molecule has 0 rings (SSSR count). The Balaban J connectivity index is 3.83. The molecule has 5 nitrogen and oxygen atoms in total. The van der Waals surface area contributed by atoms with Gasteiger partial charge >= 0.3 is 11.9 Å². The van der Waals surface area contributed by atoms with Crippen LogP contribution in [0, 0.1) is 0 Å². The Hall–Kier alpha value is -1.10. The van der Waals surface area contributed by atoms with Gasteiger partial charge in [-0.3, -0.25) is 10.1 Å². The van der Waals surface area contributed by atoms with Crippen LogP contribution in [0.2, 0.25) is 0 Å². The largest absolute Gasteiger partial charge is 0.477 e. The topological polar surface area (TPSA) is 75.6 Å². The number of rotatable bonds is 3. The Morgan fingerprint density at radius 1 is 1.60 bits per heavy atom. The van der Waals surface area contributed by atoms with Crippen LogP contribution in [0.1, 0.15) is 6.92 Å². The standard InChI is InChI=1S/C5H9NO4/c1-3(7)10-4(6-2)5(8)9/h4,6H,1-2H3,(H,8,9). The first-order chi connectivity index (χ1) is 4.57. The maximum Gasteiger partial charge on any atom is 0.360 e. The van der Waals surface area contributed by atoms with Gasteiger partial charge in [0.1, 0.15) is 0 Å². The molecule has 58 valence electrons. The Kier molecular flexibility index (Phi) is 3.42. The van der Waals surface area contributed by atoms with Crippen LogP contribution in [0.3, 0.4) is 0 Å². The molecule has 0 fully saturated rings. The summed E-state index contributed by atoms with van der Waals surface area (Å²) in [5, 5.41) is 10.6. The fourth-order valence-corrected chi connectivity index (χ4v) is 0.399. The van der Waals surface area contributed by atoms with Crippen molar-refractivity contribution in [3.8, 4) is 0 Å². The second-order valence-electron chi connectivity index (χ2n) is 1.62. The molecule has 0 aromatic rings. The number of likely N-dealkylation sites (N-methyl/N-ethyl adjacent to an activating group) is 1. The molecule has 2 N–H and O–H groups in total. The van der Waals surface area contributed by atoms with Gasteiger partial charge < -0.3 is 9.84 Å². The lowest BCUT2D eigenvalue weighted by molar-refractivity contribution is -0.164. The van der Waals surface area contributed by atoms with Gasteiger partial charge in [0.15, 0.2) is 0 Å². The van der Waals surface area contributed by atoms with Crippen molar-refractivity contribution in [2.24, 2.45) is 0 Å². The monoisotopic (exact) mass is 147 g/mol. The number of ether oxygens (including phenoxy) is 1. The van der Waals surface area contributed by atoms with Gasteiger partial charge in [-0.05, 0) is 7.05 Å². The van der Waals surface area contributed by atoms with E-state index in [4.69, 9.17) is 5.11 Å². The molecule has 10 heavy (non-hydrogen) atoms. The summed E-state index contributed by atoms with van der Waals surface area (Å²) >= 11 is 0. The first kappa shape index (κ1) is 8.90. The normalized spacial score (nSPS) is 12.2. The molecule has 0 saturated carbocycles. The van der Waals surface area contributed by atoms with Crippen molar-refractivity contribution in [2.75, 3.05) is 7.05 Å². The highest BCUT2D eigenvalue weighted by Gasteiger charge is 2.16. The third kappa shape index (κ3) is 3.03. The smallest absolute Gasteiger partial charge is 0.360 e. The maximum absolute atomic E-state index is 10.2. The number of hydrogen-bond donors (Lipinski definition) is 2. The summed E-state index contributed by atoms with van der Waals surface area (Å²) in [5.74, 6) is -1.83. The average molecular weight is 147 g/mol. The van der Waals surface area contributed by atoms with E-state index in [1.807, 2.05) is 0 Å². The van der Waals surface area contributed by atoms with Crippen molar-refractivity contribution in [3.63, 3.8) is 0 Å². The molecule has 5 heteroatoms. The summed E-state index contributed by atoms with van der Waals surface area (Å²) in [6.45, 7) is 1.15. The van der Waals surface area contributed by atoms with Crippen LogP contribution in [-0.2, 0) is 14.3 Å². The predicted molar refractivity (Wildman–Crippen MR) is 32.2 cm³/mol. The van der Waals surface area contributed by atoms with Gasteiger partial charge in [0.2, 0.25) is 0 Å². The summed E-state index contributed by atoms with van der Waals surface area (Å²) in [7, 11) is 1.39. The van der Waals surface area contributed by atoms with Crippen LogP contribution in [-0.4, -0.2) is 30.3 Å². The van der Waals surface area contributed by atoms with E-state index in [0.717, 1.165) is 6.92 Å². The number of carboxylic acids is 1. The fraction of sp³-hybridized carbons (Fsp3) is 0.600. The van der Waals surface area contributed by atoms with Gasteiger partial charge in [0, 0.05) is 6.92 Å². The zero-order valence-corrected chi connectivity index (χ0v) is 5.75. The molecule has 1 atom stereocenters. The van der Waals surface area contributed by atoms with Gasteiger partial charge in [0.05, 0.1) is 0 Å². The molecule has 0 heterocycles. The van der Waals surface area contributed by atoms with Gasteiger partial charge in [-0.25, -0.2) is 4.79 Å². The van der Waals surface area contributed by atoms with E-state index in [9.17, 15) is 9.59 Å². The Bertz CT molecular complexity index is 145. The summed E-state index contributed by atoms with van der Waals surface area (Å²) in [6, 6.07) is 0. The molecule has 0 spiro atoms. The lowest BCUT2D eigenvalue weighted by Gasteiger charge is -2.09. The molecule has 0 aliphatic carbocycles. The first-order valence-electron chi connectivity index (χ1n) is 2.65. The maximum atomic E-state index is 10.2. The van der Waals surface area contributed by atoms with Crippen molar-refractivity contribution in [2.45, 2.75) is 13.2 Å². The Morgan fingerprint density at radius 2 is 2.10 bits per heavy atom. The van der Waals surface area contributed by atoms with Gasteiger partial charge in [-0.2, -0.15) is 0 Å². The van der Waals surface area contributed by atoms with Crippen LogP contribution in [0.5, 0.6) is 0 Å². The lowest BCUT2D eigenvalue weighted by Crippen LogP contribution is -2.37. The molecule has 1 unspecified atom stereocenters. The van der Waals surface area contributed by atoms with E-state index in [-0.39, 0.29) is 0 Å². The second kappa shape index (κ2) is 3.84. The second-order valence-corrected chi connectivity index (χ2v) is 1.62. The minimum absolute atomic E-state index is 0.623. The van der Waals surface area contributed by atoms with Crippen molar-refractivity contribution in [1.82, 2.24) is 5.32 Å². The molecule has 0 saturated heterocycles. The van der Waals surface area contributed by atoms with Gasteiger partial charge in [-0.1, -0.05) is 0 Å². The average Bonchev–Trinajstić information content (AvgIpc) is 1.81. The molecule has 0 amide bonds. The third-order valence-electron chi connectivity index (χ3n) is 0.770. The first-order valence-corrected chi connectivity index (χ1v) is 2.65. The summed E-state index contributed by atoms with van der Waals surface area (Å²) < 4.78 is 4.31. The van der Waals surface area contributed by atoms with E-state index >= 15 is 0 Å². The number of nitrogens with one attached hydrogen (secondary N) is 1. The highest BCUT2D eigenvalue weighted by Crippen LogP contribution is 1.86. The number of aliphatic carboxylic acids is 1. The number of esters is 1. The van der Waals surface area contributed by atoms with Crippen LogP contribution < -0.4 is 5.32 Å². The molecule has 0 aromatic carbocycles. The number of carbonyl (C=O) groups excluding carboxylic acids is 1. The van der Waals surface area contributed by atoms with Crippen LogP contribution in [0.25, 0.3) is 0 Å². The number of carbonyl (C=O) groups is 2. The quantitative estimate of drug-likeness (QED) is 0.403. The SMILES string of the molecule is CNC(OC(C)=O)C(=O)O. The van der Waals surface area contributed by atoms with Crippen molar-refractivity contribution in [3.05, 3.63) is 0 Å².